The van der Waals surface area contributed by atoms with Crippen molar-refractivity contribution in [2.75, 3.05) is 54.3 Å². The third-order valence-electron chi connectivity index (χ3n) is 5.30. The minimum absolute atomic E-state index is 0.00631. The fourth-order valence-corrected chi connectivity index (χ4v) is 3.71. The average Bonchev–Trinajstić information content (AvgIpc) is 3.10. The molecule has 2 aliphatic rings. The van der Waals surface area contributed by atoms with Crippen LogP contribution in [0.15, 0.2) is 18.2 Å². The number of aliphatic hydroxyl groups is 1. The molecule has 1 saturated heterocycles. The number of nitrogens with zero attached hydrogens (tertiary/aromatic N) is 2. The Hall–Kier alpha value is -1.83. The summed E-state index contributed by atoms with van der Waals surface area (Å²) in [6.07, 6.45) is 1.52. The summed E-state index contributed by atoms with van der Waals surface area (Å²) in [5, 5.41) is 9.91. The van der Waals surface area contributed by atoms with Gasteiger partial charge in [0.25, 0.3) is 0 Å². The zero-order chi connectivity index (χ0) is 18.7. The Morgan fingerprint density at radius 1 is 1.19 bits per heavy atom. The molecular weight excluding hydrogens is 336 g/mol. The fraction of sp³-hybridized carbons (Fsp3) is 0.632. The van der Waals surface area contributed by atoms with Crippen LogP contribution in [0.1, 0.15) is 24.4 Å². The highest BCUT2D eigenvalue weighted by atomic mass is 16.7. The van der Waals surface area contributed by atoms with Gasteiger partial charge in [-0.2, -0.15) is 0 Å². The third-order valence-corrected chi connectivity index (χ3v) is 5.30. The number of benzene rings is 1. The van der Waals surface area contributed by atoms with Gasteiger partial charge >= 0.3 is 0 Å². The van der Waals surface area contributed by atoms with Gasteiger partial charge in [-0.1, -0.05) is 6.07 Å². The number of likely N-dealkylation sites (N-methyl/N-ethyl adjacent to an activating group) is 2. The van der Waals surface area contributed by atoms with Crippen molar-refractivity contribution in [2.45, 2.75) is 18.9 Å². The van der Waals surface area contributed by atoms with E-state index in [0.29, 0.717) is 31.3 Å². The second-order valence-electron chi connectivity index (χ2n) is 7.44. The molecule has 0 saturated carbocycles. The molecule has 0 spiro atoms. The van der Waals surface area contributed by atoms with Crippen LogP contribution < -0.4 is 9.47 Å². The number of carbonyl (C=O) groups is 1. The normalized spacial score (nSPS) is 19.4. The first kappa shape index (κ1) is 18.9. The Kier molecular flexibility index (Phi) is 5.70. The summed E-state index contributed by atoms with van der Waals surface area (Å²) >= 11 is 0. The van der Waals surface area contributed by atoms with Gasteiger partial charge in [0, 0.05) is 32.2 Å². The maximum absolute atomic E-state index is 13.2. The van der Waals surface area contributed by atoms with Crippen molar-refractivity contribution in [3.05, 3.63) is 23.8 Å². The molecule has 1 amide bonds. The molecule has 7 heteroatoms. The van der Waals surface area contributed by atoms with Crippen molar-refractivity contribution in [2.24, 2.45) is 5.41 Å². The Morgan fingerprint density at radius 2 is 1.88 bits per heavy atom. The van der Waals surface area contributed by atoms with Gasteiger partial charge in [0.2, 0.25) is 12.7 Å². The highest BCUT2D eigenvalue weighted by Crippen LogP contribution is 2.36. The van der Waals surface area contributed by atoms with E-state index in [2.05, 4.69) is 0 Å². The van der Waals surface area contributed by atoms with E-state index < -0.39 is 6.04 Å². The molecule has 144 valence electrons. The predicted octanol–water partition coefficient (Wildman–Crippen LogP) is 1.27. The summed E-state index contributed by atoms with van der Waals surface area (Å²) in [6, 6.07) is 5.19. The molecule has 0 bridgehead atoms. The summed E-state index contributed by atoms with van der Waals surface area (Å²) in [5.41, 5.74) is 0.579. The standard InChI is InChI=1S/C19H28N2O5/c1-20(2)17(14-4-5-15-16(10-14)26-13-25-15)18(23)21(3)11-19(12-22)6-8-24-9-7-19/h4-5,10,17,22H,6-9,11-13H2,1-3H3/t17-/m0/s1. The van der Waals surface area contributed by atoms with E-state index in [4.69, 9.17) is 14.2 Å². The van der Waals surface area contributed by atoms with Gasteiger partial charge in [-0.3, -0.25) is 9.69 Å². The number of carbonyl (C=O) groups excluding carboxylic acids is 1. The second-order valence-corrected chi connectivity index (χ2v) is 7.44. The van der Waals surface area contributed by atoms with Crippen LogP contribution >= 0.6 is 0 Å². The number of amides is 1. The summed E-state index contributed by atoms with van der Waals surface area (Å²) in [4.78, 5) is 16.8. The third kappa shape index (κ3) is 3.79. The molecule has 2 heterocycles. The highest BCUT2D eigenvalue weighted by molar-refractivity contribution is 5.83. The molecule has 1 N–H and O–H groups in total. The van der Waals surface area contributed by atoms with Crippen molar-refractivity contribution >= 4 is 5.91 Å². The number of aliphatic hydroxyl groups excluding tert-OH is 1. The quantitative estimate of drug-likeness (QED) is 0.820. The van der Waals surface area contributed by atoms with E-state index in [1.165, 1.54) is 0 Å². The maximum atomic E-state index is 13.2. The topological polar surface area (TPSA) is 71.5 Å². The van der Waals surface area contributed by atoms with E-state index in [1.54, 1.807) is 11.9 Å². The number of rotatable bonds is 6. The summed E-state index contributed by atoms with van der Waals surface area (Å²) in [5.74, 6) is 1.36. The van der Waals surface area contributed by atoms with Gasteiger partial charge in [0.05, 0.1) is 6.61 Å². The molecule has 0 aliphatic carbocycles. The van der Waals surface area contributed by atoms with Crippen molar-refractivity contribution in [1.29, 1.82) is 0 Å². The van der Waals surface area contributed by atoms with Crippen molar-refractivity contribution < 1.29 is 24.1 Å². The van der Waals surface area contributed by atoms with E-state index in [1.807, 2.05) is 37.2 Å². The fourth-order valence-electron chi connectivity index (χ4n) is 3.71. The lowest BCUT2D eigenvalue weighted by Gasteiger charge is -2.40. The van der Waals surface area contributed by atoms with E-state index in [-0.39, 0.29) is 24.7 Å². The van der Waals surface area contributed by atoms with Gasteiger partial charge in [0.1, 0.15) is 6.04 Å². The van der Waals surface area contributed by atoms with Crippen molar-refractivity contribution in [3.63, 3.8) is 0 Å². The first-order chi connectivity index (χ1) is 12.5. The Bertz CT molecular complexity index is 643. The number of hydrogen-bond donors (Lipinski definition) is 1. The van der Waals surface area contributed by atoms with Crippen LogP contribution in [-0.2, 0) is 9.53 Å². The van der Waals surface area contributed by atoms with Gasteiger partial charge in [-0.15, -0.1) is 0 Å². The van der Waals surface area contributed by atoms with Crippen LogP contribution in [0, 0.1) is 5.41 Å². The molecule has 1 aromatic carbocycles. The van der Waals surface area contributed by atoms with Crippen LogP contribution in [-0.4, -0.2) is 75.1 Å². The number of hydrogen-bond acceptors (Lipinski definition) is 6. The van der Waals surface area contributed by atoms with Gasteiger partial charge in [-0.25, -0.2) is 0 Å². The van der Waals surface area contributed by atoms with Crippen molar-refractivity contribution in [1.82, 2.24) is 9.80 Å². The highest BCUT2D eigenvalue weighted by Gasteiger charge is 2.36. The Labute approximate surface area is 154 Å². The minimum Gasteiger partial charge on any atom is -0.454 e. The van der Waals surface area contributed by atoms with Gasteiger partial charge in [-0.05, 0) is 44.6 Å². The lowest BCUT2D eigenvalue weighted by atomic mass is 9.80. The molecule has 1 atom stereocenters. The molecule has 0 aromatic heterocycles. The Balaban J connectivity index is 1.78. The lowest BCUT2D eigenvalue weighted by Crippen LogP contribution is -2.47. The zero-order valence-corrected chi connectivity index (χ0v) is 15.7. The average molecular weight is 364 g/mol. The second kappa shape index (κ2) is 7.82. The van der Waals surface area contributed by atoms with Crippen LogP contribution in [0.25, 0.3) is 0 Å². The molecule has 26 heavy (non-hydrogen) atoms. The molecule has 1 fully saturated rings. The molecular formula is C19H28N2O5. The zero-order valence-electron chi connectivity index (χ0n) is 15.7. The van der Waals surface area contributed by atoms with Gasteiger partial charge in [0.15, 0.2) is 11.5 Å². The number of ether oxygens (including phenoxy) is 3. The monoisotopic (exact) mass is 364 g/mol. The summed E-state index contributed by atoms with van der Waals surface area (Å²) in [6.45, 7) is 2.04. The minimum atomic E-state index is -0.426. The molecule has 3 rings (SSSR count). The van der Waals surface area contributed by atoms with Crippen LogP contribution in [0.5, 0.6) is 11.5 Å². The van der Waals surface area contributed by atoms with Crippen LogP contribution in [0.2, 0.25) is 0 Å². The van der Waals surface area contributed by atoms with E-state index >= 15 is 0 Å². The first-order valence-corrected chi connectivity index (χ1v) is 8.95. The predicted molar refractivity (Wildman–Crippen MR) is 96.2 cm³/mol. The van der Waals surface area contributed by atoms with Crippen LogP contribution in [0.3, 0.4) is 0 Å². The van der Waals surface area contributed by atoms with Crippen LogP contribution in [0.4, 0.5) is 0 Å². The summed E-state index contributed by atoms with van der Waals surface area (Å²) in [7, 11) is 5.58. The van der Waals surface area contributed by atoms with Gasteiger partial charge < -0.3 is 24.2 Å². The molecule has 0 radical (unpaired) electrons. The molecule has 7 nitrogen and oxygen atoms in total. The van der Waals surface area contributed by atoms with E-state index in [9.17, 15) is 9.90 Å². The molecule has 2 aliphatic heterocycles. The smallest absolute Gasteiger partial charge is 0.244 e. The SMILES string of the molecule is CN(CC1(CO)CCOCC1)C(=O)[C@H](c1ccc2c(c1)OCO2)N(C)C. The molecule has 1 aromatic rings. The first-order valence-electron chi connectivity index (χ1n) is 8.95. The molecule has 0 unspecified atom stereocenters. The largest absolute Gasteiger partial charge is 0.454 e. The lowest BCUT2D eigenvalue weighted by molar-refractivity contribution is -0.138. The van der Waals surface area contributed by atoms with Crippen molar-refractivity contribution in [3.8, 4) is 11.5 Å². The summed E-state index contributed by atoms with van der Waals surface area (Å²) < 4.78 is 16.2. The number of fused-ring (bicyclic) bond motifs is 1. The van der Waals surface area contributed by atoms with E-state index in [0.717, 1.165) is 18.4 Å². The maximum Gasteiger partial charge on any atom is 0.244 e. The Morgan fingerprint density at radius 3 is 2.54 bits per heavy atom.